The molecule has 0 fully saturated rings. The minimum Gasteiger partial charge on any atom is -0.482 e. The van der Waals surface area contributed by atoms with E-state index in [0.717, 1.165) is 0 Å². The molecule has 1 rings (SSSR count). The lowest BCUT2D eigenvalue weighted by Gasteiger charge is -2.07. The number of halogens is 3. The van der Waals surface area contributed by atoms with Crippen LogP contribution in [0.2, 0.25) is 15.1 Å². The first-order chi connectivity index (χ1) is 7.54. The van der Waals surface area contributed by atoms with Gasteiger partial charge in [0.05, 0.1) is 15.1 Å². The van der Waals surface area contributed by atoms with Gasteiger partial charge in [-0.1, -0.05) is 34.8 Å². The number of nitrogens with one attached hydrogen (secondary N) is 1. The summed E-state index contributed by atoms with van der Waals surface area (Å²) in [4.78, 5) is 10.9. The maximum atomic E-state index is 10.9. The van der Waals surface area contributed by atoms with E-state index in [1.165, 1.54) is 18.3 Å². The second-order valence-electron chi connectivity index (χ2n) is 2.65. The van der Waals surface area contributed by atoms with Gasteiger partial charge in [0.15, 0.2) is 12.8 Å². The highest BCUT2D eigenvalue weighted by Gasteiger charge is 2.09. The number of ether oxygens (including phenoxy) is 1. The third-order valence-corrected chi connectivity index (χ3v) is 2.55. The molecule has 0 aromatic heterocycles. The van der Waals surface area contributed by atoms with Gasteiger partial charge in [0.2, 0.25) is 0 Å². The average Bonchev–Trinajstić information content (AvgIpc) is 2.22. The Bertz CT molecular complexity index is 457. The van der Waals surface area contributed by atoms with Crippen LogP contribution in [0.1, 0.15) is 0 Å². The summed E-state index contributed by atoms with van der Waals surface area (Å²) in [6.07, 6.45) is 1.48. The number of rotatable bonds is 3. The van der Waals surface area contributed by atoms with Gasteiger partial charge in [-0.25, -0.2) is 0 Å². The number of amides is 1. The van der Waals surface area contributed by atoms with E-state index in [1.807, 2.05) is 5.32 Å². The topological polar surface area (TPSA) is 62.1 Å². The van der Waals surface area contributed by atoms with Crippen LogP contribution in [0.3, 0.4) is 0 Å². The monoisotopic (exact) mass is 278 g/mol. The molecule has 0 bridgehead atoms. The first-order valence-corrected chi connectivity index (χ1v) is 5.13. The summed E-state index contributed by atoms with van der Waals surface area (Å²) in [5.41, 5.74) is 0. The van der Waals surface area contributed by atoms with Crippen molar-refractivity contribution < 1.29 is 9.53 Å². The lowest BCUT2D eigenvalue weighted by atomic mass is 10.3. The van der Waals surface area contributed by atoms with Crippen molar-refractivity contribution >= 4 is 40.7 Å². The summed E-state index contributed by atoms with van der Waals surface area (Å²) in [5, 5.41) is 10.9. The minimum absolute atomic E-state index is 0.226. The Kier molecular flexibility index (Phi) is 4.69. The number of nitriles is 1. The molecule has 0 unspecified atom stereocenters. The van der Waals surface area contributed by atoms with E-state index in [-0.39, 0.29) is 22.4 Å². The van der Waals surface area contributed by atoms with Crippen molar-refractivity contribution in [3.63, 3.8) is 0 Å². The van der Waals surface area contributed by atoms with Gasteiger partial charge in [0, 0.05) is 6.07 Å². The smallest absolute Gasteiger partial charge is 0.270 e. The molecule has 84 valence electrons. The van der Waals surface area contributed by atoms with Gasteiger partial charge >= 0.3 is 0 Å². The molecule has 1 aromatic carbocycles. The molecule has 0 aliphatic heterocycles. The first kappa shape index (κ1) is 12.9. The molecule has 0 saturated carbocycles. The second-order valence-corrected chi connectivity index (χ2v) is 3.87. The van der Waals surface area contributed by atoms with Crippen molar-refractivity contribution in [1.29, 1.82) is 5.26 Å². The number of carbonyl (C=O) groups excluding carboxylic acids is 1. The molecule has 4 nitrogen and oxygen atoms in total. The number of hydrogen-bond donors (Lipinski definition) is 1. The van der Waals surface area contributed by atoms with Crippen LogP contribution in [0.15, 0.2) is 12.1 Å². The Morgan fingerprint density at radius 2 is 1.94 bits per heavy atom. The Labute approximate surface area is 107 Å². The molecule has 0 saturated heterocycles. The summed E-state index contributed by atoms with van der Waals surface area (Å²) in [7, 11) is 0. The molecule has 0 spiro atoms. The normalized spacial score (nSPS) is 9.38. The van der Waals surface area contributed by atoms with E-state index in [2.05, 4.69) is 0 Å². The molecule has 0 heterocycles. The fourth-order valence-corrected chi connectivity index (χ4v) is 1.45. The summed E-state index contributed by atoms with van der Waals surface area (Å²) >= 11 is 17.2. The molecule has 7 heteroatoms. The van der Waals surface area contributed by atoms with E-state index in [1.54, 1.807) is 0 Å². The highest BCUT2D eigenvalue weighted by atomic mass is 35.5. The molecule has 0 aliphatic rings. The Balaban J connectivity index is 2.72. The maximum absolute atomic E-state index is 10.9. The third-order valence-electron chi connectivity index (χ3n) is 1.53. The zero-order valence-electron chi connectivity index (χ0n) is 7.76. The number of nitrogens with zero attached hydrogens (tertiary/aromatic N) is 1. The second kappa shape index (κ2) is 5.80. The lowest BCUT2D eigenvalue weighted by molar-refractivity contribution is -0.121. The molecular weight excluding hydrogens is 274 g/mol. The van der Waals surface area contributed by atoms with Crippen LogP contribution in [-0.4, -0.2) is 12.5 Å². The quantitative estimate of drug-likeness (QED) is 0.525. The predicted octanol–water partition coefficient (Wildman–Crippen LogP) is 2.62. The largest absolute Gasteiger partial charge is 0.482 e. The fourth-order valence-electron chi connectivity index (χ4n) is 0.857. The Hall–Kier alpha value is -1.15. The van der Waals surface area contributed by atoms with E-state index < -0.39 is 5.91 Å². The highest BCUT2D eigenvalue weighted by Crippen LogP contribution is 2.33. The fraction of sp³-hybridized carbons (Fsp3) is 0.111. The summed E-state index contributed by atoms with van der Waals surface area (Å²) < 4.78 is 5.05. The van der Waals surface area contributed by atoms with Gasteiger partial charge in [-0.15, -0.1) is 0 Å². The molecular formula is C9H5Cl3N2O2. The highest BCUT2D eigenvalue weighted by molar-refractivity contribution is 6.43. The van der Waals surface area contributed by atoms with Crippen LogP contribution in [-0.2, 0) is 4.79 Å². The predicted molar refractivity (Wildman–Crippen MR) is 60.7 cm³/mol. The van der Waals surface area contributed by atoms with Crippen LogP contribution in [0, 0.1) is 11.5 Å². The minimum atomic E-state index is -0.579. The van der Waals surface area contributed by atoms with Gasteiger partial charge in [-0.05, 0) is 6.07 Å². The molecule has 1 amide bonds. The van der Waals surface area contributed by atoms with Crippen molar-refractivity contribution in [2.75, 3.05) is 6.61 Å². The van der Waals surface area contributed by atoms with Crippen LogP contribution in [0.4, 0.5) is 0 Å². The van der Waals surface area contributed by atoms with Gasteiger partial charge in [-0.3, -0.25) is 10.1 Å². The Morgan fingerprint density at radius 1 is 1.31 bits per heavy atom. The summed E-state index contributed by atoms with van der Waals surface area (Å²) in [6.45, 7) is -0.328. The van der Waals surface area contributed by atoms with Gasteiger partial charge in [-0.2, -0.15) is 5.26 Å². The SMILES string of the molecule is N#CNC(=O)COc1cc(Cl)c(Cl)cc1Cl. The van der Waals surface area contributed by atoms with E-state index in [4.69, 9.17) is 44.8 Å². The van der Waals surface area contributed by atoms with Crippen molar-refractivity contribution in [2.24, 2.45) is 0 Å². The first-order valence-electron chi connectivity index (χ1n) is 4.00. The number of hydrogen-bond acceptors (Lipinski definition) is 3. The average molecular weight is 280 g/mol. The molecule has 0 aliphatic carbocycles. The van der Waals surface area contributed by atoms with Gasteiger partial charge < -0.3 is 4.74 Å². The van der Waals surface area contributed by atoms with Crippen molar-refractivity contribution in [1.82, 2.24) is 5.32 Å². The molecule has 0 atom stereocenters. The van der Waals surface area contributed by atoms with Crippen molar-refractivity contribution in [3.05, 3.63) is 27.2 Å². The third kappa shape index (κ3) is 3.46. The van der Waals surface area contributed by atoms with Gasteiger partial charge in [0.25, 0.3) is 5.91 Å². The van der Waals surface area contributed by atoms with Crippen LogP contribution >= 0.6 is 34.8 Å². The summed E-state index contributed by atoms with van der Waals surface area (Å²) in [5.74, 6) is -0.353. The zero-order valence-corrected chi connectivity index (χ0v) is 10.0. The standard InChI is InChI=1S/C9H5Cl3N2O2/c10-5-1-7(12)8(2-6(5)11)16-3-9(15)14-4-13/h1-2H,3H2,(H,14,15). The van der Waals surface area contributed by atoms with Crippen molar-refractivity contribution in [3.8, 4) is 11.9 Å². The van der Waals surface area contributed by atoms with Gasteiger partial charge in [0.1, 0.15) is 5.75 Å². The Morgan fingerprint density at radius 3 is 2.56 bits per heavy atom. The number of benzene rings is 1. The molecule has 16 heavy (non-hydrogen) atoms. The zero-order chi connectivity index (χ0) is 12.1. The van der Waals surface area contributed by atoms with Crippen LogP contribution in [0.25, 0.3) is 0 Å². The molecule has 1 N–H and O–H groups in total. The van der Waals surface area contributed by atoms with E-state index in [9.17, 15) is 4.79 Å². The maximum Gasteiger partial charge on any atom is 0.270 e. The van der Waals surface area contributed by atoms with Crippen molar-refractivity contribution in [2.45, 2.75) is 0 Å². The van der Waals surface area contributed by atoms with E-state index in [0.29, 0.717) is 5.02 Å². The molecule has 0 radical (unpaired) electrons. The lowest BCUT2D eigenvalue weighted by Crippen LogP contribution is -2.24. The van der Waals surface area contributed by atoms with E-state index >= 15 is 0 Å². The molecule has 1 aromatic rings. The van der Waals surface area contributed by atoms with Crippen LogP contribution in [0.5, 0.6) is 5.75 Å². The number of carbonyl (C=O) groups is 1. The van der Waals surface area contributed by atoms with Crippen LogP contribution < -0.4 is 10.1 Å². The summed E-state index contributed by atoms with van der Waals surface area (Å²) in [6, 6.07) is 2.80.